The zero-order valence-electron chi connectivity index (χ0n) is 11.9. The fourth-order valence-electron chi connectivity index (χ4n) is 2.26. The molecule has 0 fully saturated rings. The number of benzene rings is 2. The van der Waals surface area contributed by atoms with E-state index in [9.17, 15) is 0 Å². The molecule has 0 aliphatic carbocycles. The van der Waals surface area contributed by atoms with E-state index in [1.807, 2.05) is 12.1 Å². The molecule has 2 N–H and O–H groups in total. The summed E-state index contributed by atoms with van der Waals surface area (Å²) in [6, 6.07) is 12.1. The summed E-state index contributed by atoms with van der Waals surface area (Å²) in [5.41, 5.74) is 10.5. The van der Waals surface area contributed by atoms with Crippen LogP contribution >= 0.6 is 15.9 Å². The van der Waals surface area contributed by atoms with Crippen LogP contribution in [0.25, 0.3) is 16.7 Å². The standard InChI is InChI=1S/C16H17BrN4/c1-2-3-4-11-5-7-12(8-6-11)21-19-14-10-9-13(18)15(17)16(14)20-21/h5-10H,2-4,18H2,1H3. The number of hydrogen-bond donors (Lipinski definition) is 1. The molecule has 3 rings (SSSR count). The van der Waals surface area contributed by atoms with E-state index < -0.39 is 0 Å². The van der Waals surface area contributed by atoms with Gasteiger partial charge in [0.2, 0.25) is 0 Å². The van der Waals surface area contributed by atoms with Crippen LogP contribution in [0.4, 0.5) is 5.69 Å². The maximum atomic E-state index is 5.88. The second kappa shape index (κ2) is 5.85. The highest BCUT2D eigenvalue weighted by Crippen LogP contribution is 2.27. The average molecular weight is 345 g/mol. The monoisotopic (exact) mass is 344 g/mol. The van der Waals surface area contributed by atoms with E-state index in [0.717, 1.165) is 27.6 Å². The van der Waals surface area contributed by atoms with Crippen LogP contribution in [0.5, 0.6) is 0 Å². The number of halogens is 1. The SMILES string of the molecule is CCCCc1ccc(-n2nc3ccc(N)c(Br)c3n2)cc1. The van der Waals surface area contributed by atoms with Crippen LogP contribution in [0.3, 0.4) is 0 Å². The minimum absolute atomic E-state index is 0.671. The number of rotatable bonds is 4. The predicted molar refractivity (Wildman–Crippen MR) is 89.6 cm³/mol. The predicted octanol–water partition coefficient (Wildman–Crippen LogP) is 4.11. The molecule has 3 aromatic rings. The Kier molecular flexibility index (Phi) is 3.92. The lowest BCUT2D eigenvalue weighted by Gasteiger charge is -2.02. The number of unbranched alkanes of at least 4 members (excludes halogenated alkanes) is 1. The minimum atomic E-state index is 0.671. The second-order valence-corrected chi connectivity index (χ2v) is 5.89. The summed E-state index contributed by atoms with van der Waals surface area (Å²) in [5.74, 6) is 0. The van der Waals surface area contributed by atoms with Crippen molar-refractivity contribution in [3.8, 4) is 5.69 Å². The normalized spacial score (nSPS) is 11.1. The van der Waals surface area contributed by atoms with Crippen molar-refractivity contribution in [1.82, 2.24) is 15.0 Å². The molecule has 5 heteroatoms. The van der Waals surface area contributed by atoms with Gasteiger partial charge < -0.3 is 5.73 Å². The summed E-state index contributed by atoms with van der Waals surface area (Å²) in [6.07, 6.45) is 3.55. The highest BCUT2D eigenvalue weighted by Gasteiger charge is 2.09. The van der Waals surface area contributed by atoms with Gasteiger partial charge in [0.15, 0.2) is 0 Å². The third kappa shape index (κ3) is 2.78. The quantitative estimate of drug-likeness (QED) is 0.724. The Labute approximate surface area is 132 Å². The molecule has 0 unspecified atom stereocenters. The summed E-state index contributed by atoms with van der Waals surface area (Å²) >= 11 is 3.47. The number of hydrogen-bond acceptors (Lipinski definition) is 3. The van der Waals surface area contributed by atoms with E-state index in [2.05, 4.69) is 57.3 Å². The van der Waals surface area contributed by atoms with Crippen molar-refractivity contribution >= 4 is 32.7 Å². The van der Waals surface area contributed by atoms with Crippen LogP contribution in [-0.4, -0.2) is 15.0 Å². The Hall–Kier alpha value is -1.88. The van der Waals surface area contributed by atoms with Crippen molar-refractivity contribution in [3.05, 3.63) is 46.4 Å². The number of aryl methyl sites for hydroxylation is 1. The first-order chi connectivity index (χ1) is 10.2. The Morgan fingerprint density at radius 1 is 1.10 bits per heavy atom. The molecule has 1 heterocycles. The van der Waals surface area contributed by atoms with Crippen molar-refractivity contribution in [3.63, 3.8) is 0 Å². The van der Waals surface area contributed by atoms with Gasteiger partial charge in [0.05, 0.1) is 10.2 Å². The van der Waals surface area contributed by atoms with Crippen LogP contribution in [0.2, 0.25) is 0 Å². The van der Waals surface area contributed by atoms with Gasteiger partial charge in [-0.05, 0) is 58.6 Å². The van der Waals surface area contributed by atoms with Gasteiger partial charge in [-0.2, -0.15) is 4.80 Å². The smallest absolute Gasteiger partial charge is 0.129 e. The molecule has 4 nitrogen and oxygen atoms in total. The molecule has 0 amide bonds. The first-order valence-corrected chi connectivity index (χ1v) is 7.88. The fraction of sp³-hybridized carbons (Fsp3) is 0.250. The van der Waals surface area contributed by atoms with Crippen molar-refractivity contribution < 1.29 is 0 Å². The molecule has 2 aromatic carbocycles. The molecule has 1 aromatic heterocycles. The molecule has 0 spiro atoms. The van der Waals surface area contributed by atoms with Crippen LogP contribution in [0.15, 0.2) is 40.9 Å². The van der Waals surface area contributed by atoms with Crippen LogP contribution in [-0.2, 0) is 6.42 Å². The molecule has 0 saturated heterocycles. The first-order valence-electron chi connectivity index (χ1n) is 7.09. The third-order valence-corrected chi connectivity index (χ3v) is 4.34. The topological polar surface area (TPSA) is 56.7 Å². The average Bonchev–Trinajstić information content (AvgIpc) is 2.94. The molecular formula is C16H17BrN4. The van der Waals surface area contributed by atoms with Gasteiger partial charge in [0.1, 0.15) is 11.0 Å². The summed E-state index contributed by atoms with van der Waals surface area (Å²) < 4.78 is 0.797. The Balaban J connectivity index is 1.95. The van der Waals surface area contributed by atoms with E-state index >= 15 is 0 Å². The van der Waals surface area contributed by atoms with Gasteiger partial charge >= 0.3 is 0 Å². The third-order valence-electron chi connectivity index (χ3n) is 3.51. The molecular weight excluding hydrogens is 328 g/mol. The van der Waals surface area contributed by atoms with Gasteiger partial charge in [-0.15, -0.1) is 10.2 Å². The molecule has 0 radical (unpaired) electrons. The van der Waals surface area contributed by atoms with Crippen molar-refractivity contribution in [1.29, 1.82) is 0 Å². The van der Waals surface area contributed by atoms with E-state index in [0.29, 0.717) is 5.69 Å². The zero-order valence-corrected chi connectivity index (χ0v) is 13.5. The largest absolute Gasteiger partial charge is 0.398 e. The lowest BCUT2D eigenvalue weighted by Crippen LogP contribution is -1.98. The minimum Gasteiger partial charge on any atom is -0.398 e. The number of nitrogen functional groups attached to an aromatic ring is 1. The van der Waals surface area contributed by atoms with Crippen molar-refractivity contribution in [2.24, 2.45) is 0 Å². The van der Waals surface area contributed by atoms with Crippen molar-refractivity contribution in [2.45, 2.75) is 26.2 Å². The summed E-state index contributed by atoms with van der Waals surface area (Å²) in [4.78, 5) is 1.65. The lowest BCUT2D eigenvalue weighted by molar-refractivity contribution is 0.762. The lowest BCUT2D eigenvalue weighted by atomic mass is 10.1. The van der Waals surface area contributed by atoms with Gasteiger partial charge in [-0.1, -0.05) is 25.5 Å². The maximum Gasteiger partial charge on any atom is 0.129 e. The molecule has 0 aliphatic rings. The molecule has 108 valence electrons. The Bertz CT molecular complexity index is 762. The zero-order chi connectivity index (χ0) is 14.8. The van der Waals surface area contributed by atoms with Crippen molar-refractivity contribution in [2.75, 3.05) is 5.73 Å². The maximum absolute atomic E-state index is 5.88. The highest BCUT2D eigenvalue weighted by atomic mass is 79.9. The summed E-state index contributed by atoms with van der Waals surface area (Å²) in [7, 11) is 0. The molecule has 0 aliphatic heterocycles. The van der Waals surface area contributed by atoms with Crippen LogP contribution in [0, 0.1) is 0 Å². The van der Waals surface area contributed by atoms with Gasteiger partial charge in [0, 0.05) is 5.69 Å². The van der Waals surface area contributed by atoms with Gasteiger partial charge in [-0.25, -0.2) is 0 Å². The number of fused-ring (bicyclic) bond motifs is 1. The summed E-state index contributed by atoms with van der Waals surface area (Å²) in [5, 5.41) is 9.01. The first kappa shape index (κ1) is 14.1. The van der Waals surface area contributed by atoms with Gasteiger partial charge in [0.25, 0.3) is 0 Å². The number of nitrogens with two attached hydrogens (primary N) is 1. The van der Waals surface area contributed by atoms with Gasteiger partial charge in [-0.3, -0.25) is 0 Å². The highest BCUT2D eigenvalue weighted by molar-refractivity contribution is 9.10. The number of aromatic nitrogens is 3. The molecule has 0 saturated carbocycles. The number of anilines is 1. The van der Waals surface area contributed by atoms with E-state index in [1.165, 1.54) is 18.4 Å². The molecule has 0 atom stereocenters. The van der Waals surface area contributed by atoms with Crippen LogP contribution < -0.4 is 5.73 Å². The van der Waals surface area contributed by atoms with E-state index in [1.54, 1.807) is 4.80 Å². The van der Waals surface area contributed by atoms with Crippen LogP contribution in [0.1, 0.15) is 25.3 Å². The number of nitrogens with zero attached hydrogens (tertiary/aromatic N) is 3. The van der Waals surface area contributed by atoms with E-state index in [4.69, 9.17) is 5.73 Å². The van der Waals surface area contributed by atoms with E-state index in [-0.39, 0.29) is 0 Å². The molecule has 0 bridgehead atoms. The Morgan fingerprint density at radius 2 is 1.86 bits per heavy atom. The Morgan fingerprint density at radius 3 is 2.57 bits per heavy atom. The second-order valence-electron chi connectivity index (χ2n) is 5.10. The summed E-state index contributed by atoms with van der Waals surface area (Å²) in [6.45, 7) is 2.21. The molecule has 21 heavy (non-hydrogen) atoms. The fourth-order valence-corrected chi connectivity index (χ4v) is 2.67.